The van der Waals surface area contributed by atoms with Crippen LogP contribution in [-0.2, 0) is 6.54 Å². The van der Waals surface area contributed by atoms with Gasteiger partial charge in [-0.2, -0.15) is 15.0 Å². The number of hydrogen-bond donors (Lipinski definition) is 2. The second-order valence-corrected chi connectivity index (χ2v) is 5.31. The molecule has 0 aliphatic rings. The van der Waals surface area contributed by atoms with E-state index in [0.717, 1.165) is 6.54 Å². The summed E-state index contributed by atoms with van der Waals surface area (Å²) in [5.41, 5.74) is 1.29. The van der Waals surface area contributed by atoms with Gasteiger partial charge in [-0.25, -0.2) is 0 Å². The highest BCUT2D eigenvalue weighted by Crippen LogP contribution is 2.17. The van der Waals surface area contributed by atoms with Gasteiger partial charge in [0.1, 0.15) is 0 Å². The van der Waals surface area contributed by atoms with Gasteiger partial charge in [0.25, 0.3) is 0 Å². The first-order valence-corrected chi connectivity index (χ1v) is 6.86. The van der Waals surface area contributed by atoms with Crippen molar-refractivity contribution in [3.05, 3.63) is 21.9 Å². The van der Waals surface area contributed by atoms with Crippen molar-refractivity contribution in [1.29, 1.82) is 0 Å². The first-order chi connectivity index (χ1) is 9.10. The fourth-order valence-corrected chi connectivity index (χ4v) is 2.35. The Balaban J connectivity index is 2.15. The first-order valence-electron chi connectivity index (χ1n) is 5.98. The van der Waals surface area contributed by atoms with Crippen molar-refractivity contribution >= 4 is 29.2 Å². The molecule has 0 fully saturated rings. The molecular weight excluding hydrogens is 260 g/mol. The van der Waals surface area contributed by atoms with E-state index >= 15 is 0 Å². The smallest absolute Gasteiger partial charge is 0.231 e. The molecule has 7 heteroatoms. The SMILES string of the molecule is CNc1nc(NCc2sccc2C)nc(N(C)C)n1. The summed E-state index contributed by atoms with van der Waals surface area (Å²) in [6.45, 7) is 2.83. The third kappa shape index (κ3) is 3.31. The molecule has 0 aliphatic carbocycles. The maximum Gasteiger partial charge on any atom is 0.231 e. The van der Waals surface area contributed by atoms with Gasteiger partial charge in [-0.3, -0.25) is 0 Å². The number of anilines is 3. The van der Waals surface area contributed by atoms with Gasteiger partial charge in [0.2, 0.25) is 17.8 Å². The van der Waals surface area contributed by atoms with Gasteiger partial charge in [0.15, 0.2) is 0 Å². The van der Waals surface area contributed by atoms with E-state index in [0.29, 0.717) is 17.8 Å². The standard InChI is InChI=1S/C12H18N6S/c1-8-5-6-19-9(8)7-14-11-15-10(13-2)16-12(17-11)18(3)4/h5-6H,7H2,1-4H3,(H2,13,14,15,16,17). The van der Waals surface area contributed by atoms with Gasteiger partial charge >= 0.3 is 0 Å². The molecule has 0 amide bonds. The minimum atomic E-state index is 0.559. The molecule has 2 rings (SSSR count). The maximum atomic E-state index is 4.37. The van der Waals surface area contributed by atoms with Crippen LogP contribution in [0.25, 0.3) is 0 Å². The Hall–Kier alpha value is -1.89. The quantitative estimate of drug-likeness (QED) is 0.871. The Morgan fingerprint density at radius 2 is 1.95 bits per heavy atom. The van der Waals surface area contributed by atoms with Crippen molar-refractivity contribution in [2.75, 3.05) is 36.7 Å². The third-order valence-corrected chi connectivity index (χ3v) is 3.65. The molecule has 0 saturated heterocycles. The van der Waals surface area contributed by atoms with Crippen molar-refractivity contribution in [3.63, 3.8) is 0 Å². The zero-order valence-corrected chi connectivity index (χ0v) is 12.4. The summed E-state index contributed by atoms with van der Waals surface area (Å²) >= 11 is 1.73. The number of hydrogen-bond acceptors (Lipinski definition) is 7. The van der Waals surface area contributed by atoms with Crippen LogP contribution in [-0.4, -0.2) is 36.1 Å². The van der Waals surface area contributed by atoms with Crippen LogP contribution in [0.3, 0.4) is 0 Å². The Morgan fingerprint density at radius 1 is 1.21 bits per heavy atom. The lowest BCUT2D eigenvalue weighted by molar-refractivity contribution is 0.946. The molecule has 0 aromatic carbocycles. The molecule has 0 radical (unpaired) electrons. The minimum Gasteiger partial charge on any atom is -0.357 e. The summed E-state index contributed by atoms with van der Waals surface area (Å²) < 4.78 is 0. The Bertz CT molecular complexity index is 551. The molecule has 0 unspecified atom stereocenters. The molecule has 0 bridgehead atoms. The van der Waals surface area contributed by atoms with E-state index in [1.165, 1.54) is 10.4 Å². The fourth-order valence-electron chi connectivity index (χ4n) is 1.50. The highest BCUT2D eigenvalue weighted by molar-refractivity contribution is 7.10. The Kier molecular flexibility index (Phi) is 4.16. The normalized spacial score (nSPS) is 10.3. The number of nitrogens with one attached hydrogen (secondary N) is 2. The van der Waals surface area contributed by atoms with Crippen molar-refractivity contribution in [2.24, 2.45) is 0 Å². The van der Waals surface area contributed by atoms with Crippen LogP contribution < -0.4 is 15.5 Å². The minimum absolute atomic E-state index is 0.559. The summed E-state index contributed by atoms with van der Waals surface area (Å²) in [7, 11) is 5.60. The molecule has 0 aliphatic heterocycles. The third-order valence-electron chi connectivity index (χ3n) is 2.62. The molecule has 0 saturated carbocycles. The highest BCUT2D eigenvalue weighted by Gasteiger charge is 2.07. The lowest BCUT2D eigenvalue weighted by Crippen LogP contribution is -2.16. The summed E-state index contributed by atoms with van der Waals surface area (Å²) in [6, 6.07) is 2.11. The van der Waals surface area contributed by atoms with E-state index in [1.54, 1.807) is 18.4 Å². The van der Waals surface area contributed by atoms with Crippen molar-refractivity contribution in [1.82, 2.24) is 15.0 Å². The van der Waals surface area contributed by atoms with Gasteiger partial charge in [-0.1, -0.05) is 0 Å². The molecule has 2 heterocycles. The topological polar surface area (TPSA) is 66.0 Å². The van der Waals surface area contributed by atoms with Gasteiger partial charge in [0.05, 0.1) is 6.54 Å². The van der Waals surface area contributed by atoms with Crippen LogP contribution >= 0.6 is 11.3 Å². The maximum absolute atomic E-state index is 4.37. The van der Waals surface area contributed by atoms with E-state index < -0.39 is 0 Å². The zero-order chi connectivity index (χ0) is 13.8. The van der Waals surface area contributed by atoms with Crippen molar-refractivity contribution < 1.29 is 0 Å². The Morgan fingerprint density at radius 3 is 2.53 bits per heavy atom. The monoisotopic (exact) mass is 278 g/mol. The molecule has 2 N–H and O–H groups in total. The van der Waals surface area contributed by atoms with E-state index in [9.17, 15) is 0 Å². The molecule has 102 valence electrons. The van der Waals surface area contributed by atoms with Crippen LogP contribution in [0, 0.1) is 6.92 Å². The van der Waals surface area contributed by atoms with E-state index in [1.807, 2.05) is 19.0 Å². The van der Waals surface area contributed by atoms with Crippen LogP contribution in [0.5, 0.6) is 0 Å². The molecule has 6 nitrogen and oxygen atoms in total. The summed E-state index contributed by atoms with van der Waals surface area (Å²) in [5.74, 6) is 1.77. The molecular formula is C12H18N6S. The summed E-state index contributed by atoms with van der Waals surface area (Å²) in [5, 5.41) is 8.27. The predicted octanol–water partition coefficient (Wildman–Crippen LogP) is 1.96. The van der Waals surface area contributed by atoms with Crippen LogP contribution in [0.15, 0.2) is 11.4 Å². The average molecular weight is 278 g/mol. The molecule has 2 aromatic heterocycles. The average Bonchev–Trinajstić information content (AvgIpc) is 2.81. The van der Waals surface area contributed by atoms with Gasteiger partial charge in [0, 0.05) is 26.0 Å². The molecule has 0 spiro atoms. The lowest BCUT2D eigenvalue weighted by atomic mass is 10.3. The number of nitrogens with zero attached hydrogens (tertiary/aromatic N) is 4. The number of aromatic nitrogens is 3. The largest absolute Gasteiger partial charge is 0.357 e. The lowest BCUT2D eigenvalue weighted by Gasteiger charge is -2.13. The fraction of sp³-hybridized carbons (Fsp3) is 0.417. The van der Waals surface area contributed by atoms with E-state index in [2.05, 4.69) is 44.0 Å². The second-order valence-electron chi connectivity index (χ2n) is 4.31. The van der Waals surface area contributed by atoms with E-state index in [4.69, 9.17) is 0 Å². The van der Waals surface area contributed by atoms with Gasteiger partial charge in [-0.05, 0) is 23.9 Å². The van der Waals surface area contributed by atoms with Crippen LogP contribution in [0.2, 0.25) is 0 Å². The van der Waals surface area contributed by atoms with Crippen LogP contribution in [0.1, 0.15) is 10.4 Å². The van der Waals surface area contributed by atoms with E-state index in [-0.39, 0.29) is 0 Å². The summed E-state index contributed by atoms with van der Waals surface area (Å²) in [4.78, 5) is 16.1. The number of thiophene rings is 1. The highest BCUT2D eigenvalue weighted by atomic mass is 32.1. The van der Waals surface area contributed by atoms with Gasteiger partial charge < -0.3 is 15.5 Å². The van der Waals surface area contributed by atoms with Crippen LogP contribution in [0.4, 0.5) is 17.8 Å². The number of rotatable bonds is 5. The van der Waals surface area contributed by atoms with Crippen molar-refractivity contribution in [2.45, 2.75) is 13.5 Å². The van der Waals surface area contributed by atoms with Crippen molar-refractivity contribution in [3.8, 4) is 0 Å². The summed E-state index contributed by atoms with van der Waals surface area (Å²) in [6.07, 6.45) is 0. The molecule has 2 aromatic rings. The molecule has 19 heavy (non-hydrogen) atoms. The molecule has 0 atom stereocenters. The predicted molar refractivity (Wildman–Crippen MR) is 80.1 cm³/mol. The number of aryl methyl sites for hydroxylation is 1. The van der Waals surface area contributed by atoms with Gasteiger partial charge in [-0.15, -0.1) is 11.3 Å². The zero-order valence-electron chi connectivity index (χ0n) is 11.6. The first kappa shape index (κ1) is 13.5. The Labute approximate surface area is 116 Å². The second kappa shape index (κ2) is 5.83.